The Hall–Kier alpha value is -2.04. The van der Waals surface area contributed by atoms with E-state index in [0.29, 0.717) is 11.6 Å². The number of hydrogen-bond donors (Lipinski definition) is 3. The van der Waals surface area contributed by atoms with E-state index in [-0.39, 0.29) is 23.8 Å². The number of carbonyl (C=O) groups excluding carboxylic acids is 1. The third-order valence-electron chi connectivity index (χ3n) is 2.83. The molecule has 0 bridgehead atoms. The third kappa shape index (κ3) is 3.50. The summed E-state index contributed by atoms with van der Waals surface area (Å²) in [6.45, 7) is 0.272. The zero-order valence-electron chi connectivity index (χ0n) is 10.6. The van der Waals surface area contributed by atoms with Crippen LogP contribution in [-0.2, 0) is 13.2 Å². The van der Waals surface area contributed by atoms with Crippen molar-refractivity contribution in [3.05, 3.63) is 64.2 Å². The van der Waals surface area contributed by atoms with Crippen LogP contribution in [0.25, 0.3) is 0 Å². The van der Waals surface area contributed by atoms with Crippen LogP contribution in [0, 0.1) is 0 Å². The van der Waals surface area contributed by atoms with Gasteiger partial charge in [0.05, 0.1) is 12.2 Å². The Morgan fingerprint density at radius 3 is 2.60 bits per heavy atom. The van der Waals surface area contributed by atoms with Gasteiger partial charge in [-0.25, -0.2) is 0 Å². The fourth-order valence-electron chi connectivity index (χ4n) is 1.81. The minimum absolute atomic E-state index is 0.0419. The van der Waals surface area contributed by atoms with Crippen LogP contribution in [0.15, 0.2) is 42.5 Å². The number of amides is 1. The van der Waals surface area contributed by atoms with Gasteiger partial charge >= 0.3 is 0 Å². The molecule has 0 atom stereocenters. The Bertz CT molecular complexity index is 628. The number of phenols is 1. The van der Waals surface area contributed by atoms with Crippen molar-refractivity contribution in [3.63, 3.8) is 0 Å². The van der Waals surface area contributed by atoms with Crippen molar-refractivity contribution in [3.8, 4) is 5.75 Å². The summed E-state index contributed by atoms with van der Waals surface area (Å²) in [6.07, 6.45) is 0. The van der Waals surface area contributed by atoms with Gasteiger partial charge in [0, 0.05) is 11.6 Å². The molecule has 3 N–H and O–H groups in total. The summed E-state index contributed by atoms with van der Waals surface area (Å²) in [5.41, 5.74) is 1.83. The van der Waals surface area contributed by atoms with E-state index < -0.39 is 0 Å². The van der Waals surface area contributed by atoms with Crippen LogP contribution in [0.1, 0.15) is 21.5 Å². The molecule has 0 saturated carbocycles. The van der Waals surface area contributed by atoms with Gasteiger partial charge in [-0.2, -0.15) is 0 Å². The maximum atomic E-state index is 11.9. The zero-order chi connectivity index (χ0) is 14.5. The average Bonchev–Trinajstić information content (AvgIpc) is 2.45. The standard InChI is InChI=1S/C15H14ClNO3/c16-12-4-5-13(14(19)7-12)15(20)17-8-10-2-1-3-11(6-10)9-18/h1-7,18-19H,8-9H2,(H,17,20). The molecule has 0 aliphatic rings. The lowest BCUT2D eigenvalue weighted by Gasteiger charge is -2.08. The molecule has 2 aromatic rings. The van der Waals surface area contributed by atoms with Crippen LogP contribution in [0.2, 0.25) is 5.02 Å². The van der Waals surface area contributed by atoms with Gasteiger partial charge < -0.3 is 15.5 Å². The van der Waals surface area contributed by atoms with Gasteiger partial charge in [-0.15, -0.1) is 0 Å². The highest BCUT2D eigenvalue weighted by molar-refractivity contribution is 6.30. The SMILES string of the molecule is O=C(NCc1cccc(CO)c1)c1ccc(Cl)cc1O. The van der Waals surface area contributed by atoms with Gasteiger partial charge in [0.25, 0.3) is 5.91 Å². The first-order chi connectivity index (χ1) is 9.60. The maximum Gasteiger partial charge on any atom is 0.255 e. The van der Waals surface area contributed by atoms with Gasteiger partial charge in [-0.1, -0.05) is 35.9 Å². The molecule has 0 unspecified atom stereocenters. The first-order valence-electron chi connectivity index (χ1n) is 6.05. The molecule has 1 amide bonds. The third-order valence-corrected chi connectivity index (χ3v) is 3.07. The van der Waals surface area contributed by atoms with Gasteiger partial charge in [-0.3, -0.25) is 4.79 Å². The molecule has 20 heavy (non-hydrogen) atoms. The molecule has 0 aromatic heterocycles. The lowest BCUT2D eigenvalue weighted by molar-refractivity contribution is 0.0948. The van der Waals surface area contributed by atoms with Crippen molar-refractivity contribution in [2.45, 2.75) is 13.2 Å². The Morgan fingerprint density at radius 2 is 1.90 bits per heavy atom. The molecule has 0 aliphatic carbocycles. The Balaban J connectivity index is 2.04. The van der Waals surface area contributed by atoms with Crippen LogP contribution in [-0.4, -0.2) is 16.1 Å². The van der Waals surface area contributed by atoms with E-state index in [4.69, 9.17) is 16.7 Å². The molecule has 0 saturated heterocycles. The molecule has 0 aliphatic heterocycles. The number of aliphatic hydroxyl groups excluding tert-OH is 1. The number of aromatic hydroxyl groups is 1. The first-order valence-corrected chi connectivity index (χ1v) is 6.43. The highest BCUT2D eigenvalue weighted by Crippen LogP contribution is 2.21. The summed E-state index contributed by atoms with van der Waals surface area (Å²) < 4.78 is 0. The molecule has 2 aromatic carbocycles. The predicted molar refractivity (Wildman–Crippen MR) is 76.7 cm³/mol. The van der Waals surface area contributed by atoms with Crippen LogP contribution >= 0.6 is 11.6 Å². The molecule has 0 heterocycles. The second-order valence-corrected chi connectivity index (χ2v) is 4.76. The number of aliphatic hydroxyl groups is 1. The number of halogens is 1. The molecule has 0 radical (unpaired) electrons. The zero-order valence-corrected chi connectivity index (χ0v) is 11.4. The van der Waals surface area contributed by atoms with Gasteiger partial charge in [0.2, 0.25) is 0 Å². The van der Waals surface area contributed by atoms with Crippen LogP contribution in [0.3, 0.4) is 0 Å². The molecule has 2 rings (SSSR count). The van der Waals surface area contributed by atoms with Crippen molar-refractivity contribution in [1.29, 1.82) is 0 Å². The molecular weight excluding hydrogens is 278 g/mol. The summed E-state index contributed by atoms with van der Waals surface area (Å²) in [4.78, 5) is 11.9. The topological polar surface area (TPSA) is 69.6 Å². The van der Waals surface area contributed by atoms with E-state index in [1.165, 1.54) is 12.1 Å². The predicted octanol–water partition coefficient (Wildman–Crippen LogP) is 2.47. The second-order valence-electron chi connectivity index (χ2n) is 4.32. The summed E-state index contributed by atoms with van der Waals surface area (Å²) in [7, 11) is 0. The normalized spacial score (nSPS) is 10.3. The lowest BCUT2D eigenvalue weighted by Crippen LogP contribution is -2.22. The van der Waals surface area contributed by atoms with E-state index in [1.807, 2.05) is 18.2 Å². The van der Waals surface area contributed by atoms with E-state index in [9.17, 15) is 9.90 Å². The van der Waals surface area contributed by atoms with Crippen molar-refractivity contribution in [1.82, 2.24) is 5.32 Å². The number of hydrogen-bond acceptors (Lipinski definition) is 3. The van der Waals surface area contributed by atoms with E-state index in [1.54, 1.807) is 12.1 Å². The molecule has 5 heteroatoms. The first kappa shape index (κ1) is 14.4. The summed E-state index contributed by atoms with van der Waals surface area (Å²) in [5.74, 6) is -0.535. The van der Waals surface area contributed by atoms with E-state index in [0.717, 1.165) is 11.1 Å². The van der Waals surface area contributed by atoms with Gasteiger partial charge in [-0.05, 0) is 29.3 Å². The highest BCUT2D eigenvalue weighted by atomic mass is 35.5. The number of phenolic OH excluding ortho intramolecular Hbond substituents is 1. The lowest BCUT2D eigenvalue weighted by atomic mass is 10.1. The van der Waals surface area contributed by atoms with Crippen molar-refractivity contribution < 1.29 is 15.0 Å². The van der Waals surface area contributed by atoms with Gasteiger partial charge in [0.1, 0.15) is 5.75 Å². The van der Waals surface area contributed by atoms with Gasteiger partial charge in [0.15, 0.2) is 0 Å². The number of rotatable bonds is 4. The molecule has 0 spiro atoms. The average molecular weight is 292 g/mol. The smallest absolute Gasteiger partial charge is 0.255 e. The molecule has 4 nitrogen and oxygen atoms in total. The molecule has 104 valence electrons. The van der Waals surface area contributed by atoms with Crippen LogP contribution < -0.4 is 5.32 Å². The van der Waals surface area contributed by atoms with Crippen molar-refractivity contribution >= 4 is 17.5 Å². The summed E-state index contributed by atoms with van der Waals surface area (Å²) in [5, 5.41) is 21.8. The summed E-state index contributed by atoms with van der Waals surface area (Å²) in [6, 6.07) is 11.6. The fourth-order valence-corrected chi connectivity index (χ4v) is 1.98. The largest absolute Gasteiger partial charge is 0.507 e. The molecule has 0 fully saturated rings. The second kappa shape index (κ2) is 6.41. The Kier molecular flexibility index (Phi) is 4.61. The minimum Gasteiger partial charge on any atom is -0.507 e. The minimum atomic E-state index is -0.381. The quantitative estimate of drug-likeness (QED) is 0.810. The van der Waals surface area contributed by atoms with E-state index >= 15 is 0 Å². The highest BCUT2D eigenvalue weighted by Gasteiger charge is 2.11. The van der Waals surface area contributed by atoms with Crippen LogP contribution in [0.5, 0.6) is 5.75 Å². The summed E-state index contributed by atoms with van der Waals surface area (Å²) >= 11 is 5.71. The van der Waals surface area contributed by atoms with Crippen LogP contribution in [0.4, 0.5) is 0 Å². The Labute approximate surface area is 121 Å². The fraction of sp³-hybridized carbons (Fsp3) is 0.133. The van der Waals surface area contributed by atoms with E-state index in [2.05, 4.69) is 5.32 Å². The van der Waals surface area contributed by atoms with Crippen molar-refractivity contribution in [2.75, 3.05) is 0 Å². The molecular formula is C15H14ClNO3. The number of carbonyl (C=O) groups is 1. The number of benzene rings is 2. The Morgan fingerprint density at radius 1 is 1.15 bits per heavy atom. The monoisotopic (exact) mass is 291 g/mol. The number of nitrogens with one attached hydrogen (secondary N) is 1. The van der Waals surface area contributed by atoms with Crippen molar-refractivity contribution in [2.24, 2.45) is 0 Å². The maximum absolute atomic E-state index is 11.9.